The van der Waals surface area contributed by atoms with Crippen LogP contribution in [0.25, 0.3) is 0 Å². The highest BCUT2D eigenvalue weighted by Gasteiger charge is 2.23. The molecule has 0 aromatic carbocycles. The molecule has 0 aromatic heterocycles. The molecule has 0 spiro atoms. The van der Waals surface area contributed by atoms with Crippen LogP contribution in [0.5, 0.6) is 0 Å². The summed E-state index contributed by atoms with van der Waals surface area (Å²) in [6.45, 7) is 12.3. The molecule has 0 rings (SSSR count). The van der Waals surface area contributed by atoms with Gasteiger partial charge in [0.05, 0.1) is 58.5 Å². The van der Waals surface area contributed by atoms with E-state index >= 15 is 0 Å². The molecule has 0 aliphatic heterocycles. The van der Waals surface area contributed by atoms with Crippen molar-refractivity contribution < 1.29 is 36.9 Å². The first-order chi connectivity index (χ1) is 14.4. The highest BCUT2D eigenvalue weighted by molar-refractivity contribution is 7.54. The van der Waals surface area contributed by atoms with Crippen LogP contribution in [0.4, 0.5) is 0 Å². The molecule has 0 fully saturated rings. The van der Waals surface area contributed by atoms with E-state index in [1.54, 1.807) is 27.7 Å². The first kappa shape index (κ1) is 30.2. The Hall–Kier alpha value is 0.180. The molecule has 11 heteroatoms. The number of hydrogen-bond donors (Lipinski definition) is 0. The fourth-order valence-electron chi connectivity index (χ4n) is 2.62. The zero-order valence-corrected chi connectivity index (χ0v) is 21.3. The molecule has 0 aliphatic rings. The van der Waals surface area contributed by atoms with Gasteiger partial charge in [-0.15, -0.1) is 0 Å². The summed E-state index contributed by atoms with van der Waals surface area (Å²) in [6, 6.07) is 0. The molecule has 0 saturated heterocycles. The Bertz CT molecular complexity index is 435. The zero-order valence-electron chi connectivity index (χ0n) is 19.5. The topological polar surface area (TPSA) is 92.8 Å². The first-order valence-electron chi connectivity index (χ1n) is 11.2. The SMILES string of the molecule is CCCN(OCCCCP(=O)(OCC)OCC)OCCCCP(=O)(OCC)OCC. The Kier molecular flexibility index (Phi) is 18.8. The van der Waals surface area contributed by atoms with E-state index in [9.17, 15) is 9.13 Å². The maximum absolute atomic E-state index is 12.4. The summed E-state index contributed by atoms with van der Waals surface area (Å²) in [5.74, 6) is 0. The lowest BCUT2D eigenvalue weighted by molar-refractivity contribution is -0.368. The second-order valence-electron chi connectivity index (χ2n) is 6.48. The van der Waals surface area contributed by atoms with Crippen molar-refractivity contribution in [3.05, 3.63) is 0 Å². The number of nitrogens with zero attached hydrogens (tertiary/aromatic N) is 1. The molecule has 0 radical (unpaired) electrons. The molecule has 0 atom stereocenters. The van der Waals surface area contributed by atoms with Gasteiger partial charge < -0.3 is 18.1 Å². The van der Waals surface area contributed by atoms with Gasteiger partial charge in [0.1, 0.15) is 0 Å². The minimum absolute atomic E-state index is 0.372. The number of hydrogen-bond acceptors (Lipinski definition) is 9. The minimum atomic E-state index is -2.99. The van der Waals surface area contributed by atoms with Gasteiger partial charge in [0.15, 0.2) is 0 Å². The van der Waals surface area contributed by atoms with Gasteiger partial charge in [0.25, 0.3) is 0 Å². The van der Waals surface area contributed by atoms with Crippen LogP contribution in [0.15, 0.2) is 0 Å². The van der Waals surface area contributed by atoms with Gasteiger partial charge in [-0.1, -0.05) is 12.2 Å². The van der Waals surface area contributed by atoms with Crippen LogP contribution < -0.4 is 0 Å². The normalized spacial score (nSPS) is 12.7. The van der Waals surface area contributed by atoms with Crippen molar-refractivity contribution in [2.45, 2.75) is 66.7 Å². The Balaban J connectivity index is 4.10. The van der Waals surface area contributed by atoms with Crippen LogP contribution in [0.1, 0.15) is 66.7 Å². The Labute approximate surface area is 183 Å². The average Bonchev–Trinajstić information content (AvgIpc) is 2.68. The summed E-state index contributed by atoms with van der Waals surface area (Å²) in [5.41, 5.74) is 0. The van der Waals surface area contributed by atoms with Crippen LogP contribution in [0.3, 0.4) is 0 Å². The second-order valence-corrected chi connectivity index (χ2v) is 10.8. The zero-order chi connectivity index (χ0) is 22.7. The Morgan fingerprint density at radius 1 is 0.600 bits per heavy atom. The van der Waals surface area contributed by atoms with Gasteiger partial charge in [-0.3, -0.25) is 18.8 Å². The molecule has 0 saturated carbocycles. The molecule has 0 aliphatic carbocycles. The fourth-order valence-corrected chi connectivity index (χ4v) is 6.08. The molecule has 0 aromatic rings. The van der Waals surface area contributed by atoms with Gasteiger partial charge in [0, 0.05) is 0 Å². The predicted octanol–water partition coefficient (Wildman–Crippen LogP) is 5.65. The maximum Gasteiger partial charge on any atom is 0.330 e. The van der Waals surface area contributed by atoms with Crippen molar-refractivity contribution in [2.24, 2.45) is 0 Å². The third-order valence-corrected chi connectivity index (χ3v) is 8.17. The summed E-state index contributed by atoms with van der Waals surface area (Å²) in [7, 11) is -5.98. The minimum Gasteiger partial charge on any atom is -0.309 e. The number of hydroxylamine groups is 2. The molecule has 0 amide bonds. The summed E-state index contributed by atoms with van der Waals surface area (Å²) >= 11 is 0. The first-order valence-corrected chi connectivity index (χ1v) is 14.6. The summed E-state index contributed by atoms with van der Waals surface area (Å²) in [4.78, 5) is 11.4. The van der Waals surface area contributed by atoms with E-state index in [1.807, 2.05) is 6.92 Å². The van der Waals surface area contributed by atoms with Crippen LogP contribution in [0.2, 0.25) is 0 Å². The van der Waals surface area contributed by atoms with Crippen molar-refractivity contribution in [1.29, 1.82) is 0 Å². The van der Waals surface area contributed by atoms with E-state index in [1.165, 1.54) is 5.23 Å². The van der Waals surface area contributed by atoms with Crippen molar-refractivity contribution in [3.63, 3.8) is 0 Å². The van der Waals surface area contributed by atoms with Crippen molar-refractivity contribution >= 4 is 15.2 Å². The molecular formula is C19H43NO8P2. The van der Waals surface area contributed by atoms with Crippen molar-refractivity contribution in [3.8, 4) is 0 Å². The highest BCUT2D eigenvalue weighted by Crippen LogP contribution is 2.49. The quantitative estimate of drug-likeness (QED) is 0.112. The monoisotopic (exact) mass is 475 g/mol. The van der Waals surface area contributed by atoms with Crippen LogP contribution >= 0.6 is 15.2 Å². The van der Waals surface area contributed by atoms with Gasteiger partial charge >= 0.3 is 15.2 Å². The number of unbranched alkanes of at least 4 members (excludes halogenated alkanes) is 2. The fraction of sp³-hybridized carbons (Fsp3) is 1.00. The lowest BCUT2D eigenvalue weighted by Crippen LogP contribution is -2.26. The third-order valence-electron chi connectivity index (χ3n) is 3.83. The lowest BCUT2D eigenvalue weighted by Gasteiger charge is -2.21. The third kappa shape index (κ3) is 15.1. The lowest BCUT2D eigenvalue weighted by atomic mass is 10.4. The van der Waals surface area contributed by atoms with E-state index in [2.05, 4.69) is 0 Å². The molecule has 0 unspecified atom stereocenters. The van der Waals surface area contributed by atoms with E-state index in [0.29, 0.717) is 71.4 Å². The molecule has 0 bridgehead atoms. The smallest absolute Gasteiger partial charge is 0.309 e. The summed E-state index contributed by atoms with van der Waals surface area (Å²) in [6.07, 6.45) is 4.45. The van der Waals surface area contributed by atoms with Crippen molar-refractivity contribution in [1.82, 2.24) is 5.23 Å². The van der Waals surface area contributed by atoms with Crippen molar-refractivity contribution in [2.75, 3.05) is 58.5 Å². The predicted molar refractivity (Wildman–Crippen MR) is 119 cm³/mol. The largest absolute Gasteiger partial charge is 0.330 e. The molecule has 0 N–H and O–H groups in total. The molecular weight excluding hydrogens is 432 g/mol. The van der Waals surface area contributed by atoms with Gasteiger partial charge in [0.2, 0.25) is 0 Å². The summed E-state index contributed by atoms with van der Waals surface area (Å²) in [5, 5.41) is 1.50. The molecule has 30 heavy (non-hydrogen) atoms. The molecule has 0 heterocycles. The molecule has 182 valence electrons. The van der Waals surface area contributed by atoms with E-state index in [-0.39, 0.29) is 0 Å². The van der Waals surface area contributed by atoms with Crippen LogP contribution in [-0.4, -0.2) is 63.7 Å². The standard InChI is InChI=1S/C19H43NO8P2/c1-6-15-20(23-16-11-13-18-29(21,25-7-2)26-8-3)24-17-12-14-19-30(22,27-9-4)28-10-5/h6-19H2,1-5H3. The van der Waals surface area contributed by atoms with Gasteiger partial charge in [-0.05, 0) is 59.8 Å². The van der Waals surface area contributed by atoms with Gasteiger partial charge in [-0.25, -0.2) is 0 Å². The highest BCUT2D eigenvalue weighted by atomic mass is 31.2. The maximum atomic E-state index is 12.4. The van der Waals surface area contributed by atoms with Crippen LogP contribution in [-0.2, 0) is 36.9 Å². The molecule has 9 nitrogen and oxygen atoms in total. The average molecular weight is 476 g/mol. The second kappa shape index (κ2) is 18.7. The van der Waals surface area contributed by atoms with Crippen LogP contribution in [0, 0.1) is 0 Å². The van der Waals surface area contributed by atoms with E-state index < -0.39 is 15.2 Å². The van der Waals surface area contributed by atoms with Gasteiger partial charge in [-0.2, -0.15) is 0 Å². The van der Waals surface area contributed by atoms with E-state index in [0.717, 1.165) is 19.3 Å². The Morgan fingerprint density at radius 3 is 1.27 bits per heavy atom. The van der Waals surface area contributed by atoms with E-state index in [4.69, 9.17) is 27.8 Å². The summed E-state index contributed by atoms with van der Waals surface area (Å²) < 4.78 is 46.0. The number of rotatable bonds is 22. The Morgan fingerprint density at radius 2 is 0.967 bits per heavy atom.